The zero-order chi connectivity index (χ0) is 17.6. The Balaban J connectivity index is 2.09. The molecule has 0 saturated carbocycles. The highest BCUT2D eigenvalue weighted by Crippen LogP contribution is 2.37. The molecule has 3 nitrogen and oxygen atoms in total. The minimum absolute atomic E-state index is 0.603. The van der Waals surface area contributed by atoms with Crippen molar-refractivity contribution in [3.63, 3.8) is 0 Å². The second kappa shape index (κ2) is 7.49. The average molecular weight is 330 g/mol. The van der Waals surface area contributed by atoms with Crippen LogP contribution in [-0.4, -0.2) is 11.3 Å². The lowest BCUT2D eigenvalue weighted by Crippen LogP contribution is -2.12. The van der Waals surface area contributed by atoms with Crippen molar-refractivity contribution in [1.29, 1.82) is 0 Å². The van der Waals surface area contributed by atoms with E-state index in [0.717, 1.165) is 22.3 Å². The fourth-order valence-electron chi connectivity index (χ4n) is 2.83. The van der Waals surface area contributed by atoms with E-state index in [2.05, 4.69) is 6.58 Å². The van der Waals surface area contributed by atoms with Crippen molar-refractivity contribution in [1.82, 2.24) is 0 Å². The highest BCUT2D eigenvalue weighted by atomic mass is 16.7. The van der Waals surface area contributed by atoms with Crippen LogP contribution < -0.4 is 0 Å². The van der Waals surface area contributed by atoms with Crippen molar-refractivity contribution in [2.24, 2.45) is 0 Å². The second-order valence-corrected chi connectivity index (χ2v) is 5.61. The lowest BCUT2D eigenvalue weighted by atomic mass is 9.90. The summed E-state index contributed by atoms with van der Waals surface area (Å²) in [6.45, 7) is 4.10. The van der Waals surface area contributed by atoms with Crippen LogP contribution in [0.3, 0.4) is 0 Å². The van der Waals surface area contributed by atoms with Crippen LogP contribution in [0, 0.1) is 0 Å². The minimum atomic E-state index is -1.33. The van der Waals surface area contributed by atoms with Crippen LogP contribution in [0.2, 0.25) is 0 Å². The van der Waals surface area contributed by atoms with Gasteiger partial charge < -0.3 is 9.84 Å². The number of carbonyl (C=O) groups is 1. The van der Waals surface area contributed by atoms with Gasteiger partial charge in [-0.25, -0.2) is 4.79 Å². The first kappa shape index (κ1) is 16.5. The zero-order valence-corrected chi connectivity index (χ0v) is 13.6. The summed E-state index contributed by atoms with van der Waals surface area (Å²) in [4.78, 5) is 11.3. The molecule has 1 atom stereocenters. The third-order valence-electron chi connectivity index (χ3n) is 4.01. The first-order chi connectivity index (χ1) is 12.2. The SMILES string of the molecule is C=C(c1ccccc1)C(OC(=O)O)c1ccccc1-c1ccccc1. The smallest absolute Gasteiger partial charge is 0.450 e. The van der Waals surface area contributed by atoms with Crippen LogP contribution in [0.5, 0.6) is 0 Å². The molecule has 0 radical (unpaired) electrons. The Morgan fingerprint density at radius 3 is 2.04 bits per heavy atom. The summed E-state index contributed by atoms with van der Waals surface area (Å²) < 4.78 is 5.23. The maximum atomic E-state index is 11.3. The van der Waals surface area contributed by atoms with E-state index in [1.807, 2.05) is 84.9 Å². The Morgan fingerprint density at radius 1 is 0.840 bits per heavy atom. The molecule has 3 rings (SSSR count). The van der Waals surface area contributed by atoms with E-state index in [0.29, 0.717) is 5.57 Å². The molecule has 0 aliphatic carbocycles. The molecule has 3 aromatic carbocycles. The molecule has 1 unspecified atom stereocenters. The van der Waals surface area contributed by atoms with Gasteiger partial charge >= 0.3 is 6.16 Å². The molecule has 25 heavy (non-hydrogen) atoms. The van der Waals surface area contributed by atoms with Crippen molar-refractivity contribution in [2.75, 3.05) is 0 Å². The van der Waals surface area contributed by atoms with Crippen molar-refractivity contribution in [2.45, 2.75) is 6.10 Å². The maximum Gasteiger partial charge on any atom is 0.506 e. The average Bonchev–Trinajstić information content (AvgIpc) is 2.67. The monoisotopic (exact) mass is 330 g/mol. The molecular weight excluding hydrogens is 312 g/mol. The van der Waals surface area contributed by atoms with E-state index in [4.69, 9.17) is 4.74 Å². The lowest BCUT2D eigenvalue weighted by Gasteiger charge is -2.22. The van der Waals surface area contributed by atoms with Gasteiger partial charge in [0.05, 0.1) is 0 Å². The van der Waals surface area contributed by atoms with Crippen LogP contribution in [0.25, 0.3) is 16.7 Å². The number of benzene rings is 3. The Hall–Kier alpha value is -3.33. The van der Waals surface area contributed by atoms with E-state index in [1.165, 1.54) is 0 Å². The maximum absolute atomic E-state index is 11.3. The highest BCUT2D eigenvalue weighted by Gasteiger charge is 2.24. The summed E-state index contributed by atoms with van der Waals surface area (Å²) in [7, 11) is 0. The Morgan fingerprint density at radius 2 is 1.40 bits per heavy atom. The largest absolute Gasteiger partial charge is 0.506 e. The summed E-state index contributed by atoms with van der Waals surface area (Å²) in [5.74, 6) is 0. The molecule has 0 spiro atoms. The predicted molar refractivity (Wildman–Crippen MR) is 99.2 cm³/mol. The molecule has 3 heteroatoms. The van der Waals surface area contributed by atoms with E-state index in [-0.39, 0.29) is 0 Å². The van der Waals surface area contributed by atoms with Gasteiger partial charge in [-0.2, -0.15) is 0 Å². The van der Waals surface area contributed by atoms with E-state index < -0.39 is 12.3 Å². The summed E-state index contributed by atoms with van der Waals surface area (Å²) >= 11 is 0. The van der Waals surface area contributed by atoms with Crippen molar-refractivity contribution >= 4 is 11.7 Å². The van der Waals surface area contributed by atoms with Crippen LogP contribution in [-0.2, 0) is 4.74 Å². The molecule has 0 fully saturated rings. The van der Waals surface area contributed by atoms with Gasteiger partial charge in [-0.3, -0.25) is 0 Å². The number of hydrogen-bond donors (Lipinski definition) is 1. The van der Waals surface area contributed by atoms with E-state index in [1.54, 1.807) is 0 Å². The summed E-state index contributed by atoms with van der Waals surface area (Å²) in [6.07, 6.45) is -2.11. The van der Waals surface area contributed by atoms with Crippen LogP contribution >= 0.6 is 0 Å². The Labute approximate surface area is 146 Å². The van der Waals surface area contributed by atoms with Gasteiger partial charge in [0.25, 0.3) is 0 Å². The molecule has 1 N–H and O–H groups in total. The van der Waals surface area contributed by atoms with Gasteiger partial charge in [0.2, 0.25) is 0 Å². The van der Waals surface area contributed by atoms with Crippen molar-refractivity contribution < 1.29 is 14.6 Å². The Kier molecular flexibility index (Phi) is 4.95. The topological polar surface area (TPSA) is 46.5 Å². The van der Waals surface area contributed by atoms with Crippen LogP contribution in [0.1, 0.15) is 17.2 Å². The minimum Gasteiger partial charge on any atom is -0.450 e. The van der Waals surface area contributed by atoms with Gasteiger partial charge in [-0.05, 0) is 22.3 Å². The van der Waals surface area contributed by atoms with Crippen molar-refractivity contribution in [3.8, 4) is 11.1 Å². The lowest BCUT2D eigenvalue weighted by molar-refractivity contribution is 0.0725. The van der Waals surface area contributed by atoms with Gasteiger partial charge in [0.1, 0.15) is 0 Å². The number of ether oxygens (including phenoxy) is 1. The standard InChI is InChI=1S/C22H18O3/c1-16(17-10-4-2-5-11-17)21(25-22(23)24)20-15-9-8-14-19(20)18-12-6-3-7-13-18/h2-15,21H,1H2,(H,23,24). The molecule has 124 valence electrons. The van der Waals surface area contributed by atoms with E-state index in [9.17, 15) is 9.90 Å². The fraction of sp³-hybridized carbons (Fsp3) is 0.0455. The molecular formula is C22H18O3. The molecule has 0 amide bonds. The van der Waals surface area contributed by atoms with E-state index >= 15 is 0 Å². The first-order valence-electron chi connectivity index (χ1n) is 7.95. The number of rotatable bonds is 5. The molecule has 0 aliphatic rings. The fourth-order valence-corrected chi connectivity index (χ4v) is 2.83. The zero-order valence-electron chi connectivity index (χ0n) is 13.6. The third-order valence-corrected chi connectivity index (χ3v) is 4.01. The van der Waals surface area contributed by atoms with Gasteiger partial charge in [-0.1, -0.05) is 91.5 Å². The quantitative estimate of drug-likeness (QED) is 0.601. The molecule has 0 aromatic heterocycles. The van der Waals surface area contributed by atoms with Crippen LogP contribution in [0.4, 0.5) is 4.79 Å². The van der Waals surface area contributed by atoms with Crippen LogP contribution in [0.15, 0.2) is 91.5 Å². The number of hydrogen-bond acceptors (Lipinski definition) is 2. The predicted octanol–water partition coefficient (Wildman–Crippen LogP) is 5.80. The third kappa shape index (κ3) is 3.78. The molecule has 3 aromatic rings. The summed E-state index contributed by atoms with van der Waals surface area (Å²) in [6, 6.07) is 26.9. The normalized spacial score (nSPS) is 11.5. The molecule has 0 bridgehead atoms. The van der Waals surface area contributed by atoms with Gasteiger partial charge in [-0.15, -0.1) is 0 Å². The second-order valence-electron chi connectivity index (χ2n) is 5.61. The molecule has 0 heterocycles. The summed E-state index contributed by atoms with van der Waals surface area (Å²) in [5.41, 5.74) is 4.14. The Bertz CT molecular complexity index is 870. The molecule has 0 saturated heterocycles. The van der Waals surface area contributed by atoms with Gasteiger partial charge in [0, 0.05) is 5.56 Å². The molecule has 0 aliphatic heterocycles. The summed E-state index contributed by atoms with van der Waals surface area (Å²) in [5, 5.41) is 9.24. The highest BCUT2D eigenvalue weighted by molar-refractivity contribution is 5.77. The number of carboxylic acid groups (broad SMARTS) is 1. The van der Waals surface area contributed by atoms with Gasteiger partial charge in [0.15, 0.2) is 6.10 Å². The first-order valence-corrected chi connectivity index (χ1v) is 7.95. The van der Waals surface area contributed by atoms with Crippen molar-refractivity contribution in [3.05, 3.63) is 103 Å².